The number of nitrogens with one attached hydrogen (secondary N) is 2. The van der Waals surface area contributed by atoms with Gasteiger partial charge in [-0.05, 0) is 47.2 Å². The molecule has 0 aliphatic heterocycles. The molecule has 0 aromatic carbocycles. The largest absolute Gasteiger partial charge is 0.312 e. The van der Waals surface area contributed by atoms with Gasteiger partial charge in [-0.3, -0.25) is 0 Å². The van der Waals surface area contributed by atoms with Crippen LogP contribution in [0.3, 0.4) is 0 Å². The molecule has 0 aliphatic carbocycles. The van der Waals surface area contributed by atoms with E-state index in [0.29, 0.717) is 0 Å². The molecule has 0 radical (unpaired) electrons. The fraction of sp³-hybridized carbons (Fsp3) is 1.00. The van der Waals surface area contributed by atoms with Gasteiger partial charge in [-0.2, -0.15) is 9.81 Å². The van der Waals surface area contributed by atoms with E-state index in [0.717, 1.165) is 19.5 Å². The van der Waals surface area contributed by atoms with Crippen molar-refractivity contribution in [1.82, 2.24) is 10.6 Å². The summed E-state index contributed by atoms with van der Waals surface area (Å²) < 4.78 is 0. The quantitative estimate of drug-likeness (QED) is 0.452. The number of rotatable bonds is 10. The molecule has 0 bridgehead atoms. The highest BCUT2D eigenvalue weighted by molar-refractivity contribution is 4.75. The second-order valence-corrected chi connectivity index (χ2v) is 4.53. The highest BCUT2D eigenvalue weighted by Crippen LogP contribution is 1.97. The Morgan fingerprint density at radius 1 is 0.824 bits per heavy atom. The van der Waals surface area contributed by atoms with Crippen LogP contribution < -0.4 is 10.6 Å². The molecule has 6 heteroatoms. The minimum Gasteiger partial charge on any atom is -0.312 e. The lowest BCUT2D eigenvalue weighted by atomic mass is 10.1. The molecule has 0 aromatic heterocycles. The maximum Gasteiger partial charge on any atom is 0.104 e. The summed E-state index contributed by atoms with van der Waals surface area (Å²) in [6, 6.07) is -0.219. The summed E-state index contributed by atoms with van der Waals surface area (Å²) in [6.45, 7) is 9.12. The zero-order valence-corrected chi connectivity index (χ0v) is 11.1. The maximum absolute atomic E-state index is 10.3. The Labute approximate surface area is 103 Å². The third-order valence-electron chi connectivity index (χ3n) is 3.07. The molecule has 0 aliphatic rings. The molecule has 4 unspecified atom stereocenters. The van der Waals surface area contributed by atoms with Crippen LogP contribution in [0.15, 0.2) is 10.4 Å². The highest BCUT2D eigenvalue weighted by atomic mass is 16.3. The van der Waals surface area contributed by atoms with Crippen LogP contribution in [-0.2, 0) is 0 Å². The first-order valence-electron chi connectivity index (χ1n) is 6.14. The summed E-state index contributed by atoms with van der Waals surface area (Å²) in [5, 5.41) is 12.4. The Hall–Kier alpha value is -0.880. The molecule has 0 saturated heterocycles. The molecule has 0 amide bonds. The summed E-state index contributed by atoms with van der Waals surface area (Å²) >= 11 is 0. The molecule has 0 spiro atoms. The molecule has 4 atom stereocenters. The molecule has 0 aromatic rings. The molecule has 0 rings (SSSR count). The van der Waals surface area contributed by atoms with E-state index < -0.39 is 0 Å². The third kappa shape index (κ3) is 7.12. The lowest BCUT2D eigenvalue weighted by Gasteiger charge is -2.17. The van der Waals surface area contributed by atoms with Crippen molar-refractivity contribution < 1.29 is 0 Å². The van der Waals surface area contributed by atoms with E-state index >= 15 is 0 Å². The van der Waals surface area contributed by atoms with Gasteiger partial charge in [-0.1, -0.05) is 10.4 Å². The summed E-state index contributed by atoms with van der Waals surface area (Å²) in [5.41, 5.74) is 0. The van der Waals surface area contributed by atoms with Crippen molar-refractivity contribution >= 4 is 0 Å². The second kappa shape index (κ2) is 9.18. The predicted octanol–water partition coefficient (Wildman–Crippen LogP) is 1.64. The molecule has 0 fully saturated rings. The van der Waals surface area contributed by atoms with Crippen LogP contribution >= 0.6 is 0 Å². The number of nitroso groups, excluding NO2 is 2. The van der Waals surface area contributed by atoms with Crippen LogP contribution in [0.2, 0.25) is 0 Å². The highest BCUT2D eigenvalue weighted by Gasteiger charge is 2.12. The van der Waals surface area contributed by atoms with Crippen molar-refractivity contribution in [2.45, 2.75) is 58.3 Å². The predicted molar refractivity (Wildman–Crippen MR) is 70.1 cm³/mol. The van der Waals surface area contributed by atoms with Crippen LogP contribution in [0.25, 0.3) is 0 Å². The van der Waals surface area contributed by atoms with Gasteiger partial charge in [-0.25, -0.2) is 0 Å². The van der Waals surface area contributed by atoms with E-state index in [9.17, 15) is 9.81 Å². The van der Waals surface area contributed by atoms with Crippen LogP contribution in [-0.4, -0.2) is 37.3 Å². The van der Waals surface area contributed by atoms with E-state index in [-0.39, 0.29) is 24.2 Å². The molecule has 0 saturated carbocycles. The summed E-state index contributed by atoms with van der Waals surface area (Å²) in [7, 11) is 0. The number of hydrogen-bond acceptors (Lipinski definition) is 6. The van der Waals surface area contributed by atoms with Gasteiger partial charge in [-0.15, -0.1) is 0 Å². The second-order valence-electron chi connectivity index (χ2n) is 4.53. The Kier molecular flexibility index (Phi) is 8.71. The maximum atomic E-state index is 10.3. The van der Waals surface area contributed by atoms with Gasteiger partial charge in [0.2, 0.25) is 0 Å². The zero-order valence-electron chi connectivity index (χ0n) is 11.1. The van der Waals surface area contributed by atoms with Crippen LogP contribution in [0.1, 0.15) is 34.1 Å². The van der Waals surface area contributed by atoms with Crippen LogP contribution in [0.4, 0.5) is 0 Å². The number of nitrogens with zero attached hydrogens (tertiary/aromatic N) is 2. The van der Waals surface area contributed by atoms with Gasteiger partial charge < -0.3 is 10.6 Å². The molecule has 6 nitrogen and oxygen atoms in total. The van der Waals surface area contributed by atoms with Gasteiger partial charge in [0.05, 0.1) is 0 Å². The molecular weight excluding hydrogens is 220 g/mol. The first kappa shape index (κ1) is 16.1. The van der Waals surface area contributed by atoms with Crippen molar-refractivity contribution in [2.24, 2.45) is 10.4 Å². The zero-order chi connectivity index (χ0) is 13.3. The number of hydrogen-bond donors (Lipinski definition) is 2. The summed E-state index contributed by atoms with van der Waals surface area (Å²) in [4.78, 5) is 20.6. The van der Waals surface area contributed by atoms with Crippen molar-refractivity contribution in [3.8, 4) is 0 Å². The molecule has 2 N–H and O–H groups in total. The van der Waals surface area contributed by atoms with Crippen molar-refractivity contribution in [1.29, 1.82) is 0 Å². The van der Waals surface area contributed by atoms with E-state index in [2.05, 4.69) is 21.0 Å². The normalized spacial score (nSPS) is 18.1. The minimum atomic E-state index is -0.207. The first-order valence-corrected chi connectivity index (χ1v) is 6.14. The Bertz CT molecular complexity index is 204. The Morgan fingerprint density at radius 3 is 1.47 bits per heavy atom. The van der Waals surface area contributed by atoms with Crippen LogP contribution in [0, 0.1) is 9.81 Å². The molecule has 17 heavy (non-hydrogen) atoms. The lowest BCUT2D eigenvalue weighted by Crippen LogP contribution is -2.38. The standard InChI is InChI=1S/C11H24N4O2/c1-8(10(3)14-16)12-6-5-7-13-9(2)11(4)15-17/h8-13H,5-7H2,1-4H3. The fourth-order valence-electron chi connectivity index (χ4n) is 1.27. The smallest absolute Gasteiger partial charge is 0.104 e. The van der Waals surface area contributed by atoms with Gasteiger partial charge in [0.1, 0.15) is 12.1 Å². The molecule has 0 heterocycles. The monoisotopic (exact) mass is 244 g/mol. The molecule has 100 valence electrons. The average Bonchev–Trinajstić information content (AvgIpc) is 2.35. The van der Waals surface area contributed by atoms with E-state index in [1.165, 1.54) is 0 Å². The van der Waals surface area contributed by atoms with Gasteiger partial charge in [0, 0.05) is 12.1 Å². The van der Waals surface area contributed by atoms with Crippen molar-refractivity contribution in [3.63, 3.8) is 0 Å². The van der Waals surface area contributed by atoms with E-state index in [1.54, 1.807) is 13.8 Å². The third-order valence-corrected chi connectivity index (χ3v) is 3.07. The average molecular weight is 244 g/mol. The molecular formula is C11H24N4O2. The minimum absolute atomic E-state index is 0.0977. The summed E-state index contributed by atoms with van der Waals surface area (Å²) in [5.74, 6) is 0. The first-order chi connectivity index (χ1) is 8.02. The van der Waals surface area contributed by atoms with Crippen molar-refractivity contribution in [2.75, 3.05) is 13.1 Å². The Balaban J connectivity index is 3.52. The SMILES string of the molecule is CC(N=O)C(C)NCCCNC(C)C(C)N=O. The van der Waals surface area contributed by atoms with Gasteiger partial charge in [0.15, 0.2) is 0 Å². The lowest BCUT2D eigenvalue weighted by molar-refractivity contribution is 0.441. The van der Waals surface area contributed by atoms with Gasteiger partial charge in [0.25, 0.3) is 0 Å². The van der Waals surface area contributed by atoms with Gasteiger partial charge >= 0.3 is 0 Å². The topological polar surface area (TPSA) is 82.9 Å². The summed E-state index contributed by atoms with van der Waals surface area (Å²) in [6.07, 6.45) is 0.936. The van der Waals surface area contributed by atoms with E-state index in [4.69, 9.17) is 0 Å². The van der Waals surface area contributed by atoms with E-state index in [1.807, 2.05) is 13.8 Å². The Morgan fingerprint density at radius 2 is 1.18 bits per heavy atom. The fourth-order valence-corrected chi connectivity index (χ4v) is 1.27. The van der Waals surface area contributed by atoms with Crippen LogP contribution in [0.5, 0.6) is 0 Å². The van der Waals surface area contributed by atoms with Crippen molar-refractivity contribution in [3.05, 3.63) is 9.81 Å².